The molecular weight excluding hydrogens is 319 g/mol. The quantitative estimate of drug-likeness (QED) is 0.793. The summed E-state index contributed by atoms with van der Waals surface area (Å²) in [6.07, 6.45) is 9.04. The lowest BCUT2D eigenvalue weighted by molar-refractivity contribution is -0.134. The third-order valence-corrected chi connectivity index (χ3v) is 4.98. The van der Waals surface area contributed by atoms with E-state index in [9.17, 15) is 9.18 Å². The molecule has 1 saturated heterocycles. The maximum Gasteiger partial charge on any atom is 0.227 e. The average Bonchev–Trinajstić information content (AvgIpc) is 3.25. The normalized spacial score (nSPS) is 18.0. The minimum atomic E-state index is -0.275. The Morgan fingerprint density at radius 2 is 2.28 bits per heavy atom. The predicted octanol–water partition coefficient (Wildman–Crippen LogP) is 3.13. The molecule has 1 aliphatic heterocycles. The summed E-state index contributed by atoms with van der Waals surface area (Å²) in [5.74, 6) is -0.148. The Labute approximate surface area is 145 Å². The highest BCUT2D eigenvalue weighted by Crippen LogP contribution is 2.23. The summed E-state index contributed by atoms with van der Waals surface area (Å²) in [6, 6.07) is 6.72. The second kappa shape index (κ2) is 6.70. The van der Waals surface area contributed by atoms with E-state index in [0.29, 0.717) is 6.42 Å². The van der Waals surface area contributed by atoms with Crippen molar-refractivity contribution in [3.63, 3.8) is 0 Å². The number of benzene rings is 1. The zero-order valence-corrected chi connectivity index (χ0v) is 14.0. The van der Waals surface area contributed by atoms with Crippen LogP contribution in [0.4, 0.5) is 4.39 Å². The van der Waals surface area contributed by atoms with Gasteiger partial charge < -0.3 is 9.88 Å². The van der Waals surface area contributed by atoms with Gasteiger partial charge in [-0.25, -0.2) is 4.39 Å². The van der Waals surface area contributed by atoms with Crippen LogP contribution in [0, 0.1) is 5.82 Å². The van der Waals surface area contributed by atoms with Crippen LogP contribution in [-0.4, -0.2) is 38.2 Å². The Hall–Kier alpha value is -2.63. The maximum absolute atomic E-state index is 13.3. The zero-order chi connectivity index (χ0) is 17.2. The number of hydrogen-bond acceptors (Lipinski definition) is 2. The topological polar surface area (TPSA) is 53.9 Å². The summed E-state index contributed by atoms with van der Waals surface area (Å²) < 4.78 is 15.2. The molecule has 0 spiro atoms. The van der Waals surface area contributed by atoms with Crippen molar-refractivity contribution in [3.8, 4) is 0 Å². The molecule has 0 radical (unpaired) electrons. The van der Waals surface area contributed by atoms with Gasteiger partial charge in [0.25, 0.3) is 0 Å². The van der Waals surface area contributed by atoms with Crippen LogP contribution in [0.3, 0.4) is 0 Å². The van der Waals surface area contributed by atoms with Crippen LogP contribution in [0.1, 0.15) is 24.8 Å². The van der Waals surface area contributed by atoms with Gasteiger partial charge in [-0.2, -0.15) is 5.10 Å². The number of halogens is 1. The molecule has 1 aliphatic rings. The number of nitrogens with zero attached hydrogens (tertiary/aromatic N) is 3. The first-order valence-electron chi connectivity index (χ1n) is 8.73. The van der Waals surface area contributed by atoms with Gasteiger partial charge in [0, 0.05) is 36.0 Å². The molecule has 0 bridgehead atoms. The molecule has 3 aromatic rings. The molecule has 4 rings (SSSR count). The molecule has 1 amide bonds. The molecule has 130 valence electrons. The molecule has 1 aromatic carbocycles. The number of piperidine rings is 1. The first-order chi connectivity index (χ1) is 12.2. The van der Waals surface area contributed by atoms with Crippen molar-refractivity contribution in [2.24, 2.45) is 0 Å². The maximum atomic E-state index is 13.3. The number of aromatic amines is 1. The van der Waals surface area contributed by atoms with Crippen LogP contribution in [-0.2, 0) is 17.8 Å². The highest BCUT2D eigenvalue weighted by molar-refractivity contribution is 5.89. The number of likely N-dealkylation sites (tertiary alicyclic amines) is 1. The third-order valence-electron chi connectivity index (χ3n) is 4.98. The summed E-state index contributed by atoms with van der Waals surface area (Å²) in [7, 11) is 0. The lowest BCUT2D eigenvalue weighted by Gasteiger charge is -2.35. The summed E-state index contributed by atoms with van der Waals surface area (Å²) in [5, 5.41) is 5.18. The number of aromatic nitrogens is 3. The van der Waals surface area contributed by atoms with Crippen LogP contribution >= 0.6 is 0 Å². The largest absolute Gasteiger partial charge is 0.361 e. The molecule has 0 saturated carbocycles. The van der Waals surface area contributed by atoms with Gasteiger partial charge in [0.2, 0.25) is 5.91 Å². The molecule has 1 fully saturated rings. The monoisotopic (exact) mass is 340 g/mol. The van der Waals surface area contributed by atoms with E-state index in [1.54, 1.807) is 12.3 Å². The Balaban J connectivity index is 1.51. The molecule has 1 atom stereocenters. The molecule has 0 unspecified atom stereocenters. The molecule has 5 nitrogen and oxygen atoms in total. The van der Waals surface area contributed by atoms with Gasteiger partial charge in [0.15, 0.2) is 0 Å². The minimum absolute atomic E-state index is 0.127. The zero-order valence-electron chi connectivity index (χ0n) is 14.0. The SMILES string of the molecule is O=C(Cc1c[nH]c2cc(F)ccc12)N1CCCC[C@@H]1Cn1cccn1. The first kappa shape index (κ1) is 15.9. The minimum Gasteiger partial charge on any atom is -0.361 e. The Bertz CT molecular complexity index is 871. The van der Waals surface area contributed by atoms with E-state index in [2.05, 4.69) is 10.1 Å². The van der Waals surface area contributed by atoms with Crippen molar-refractivity contribution in [1.82, 2.24) is 19.7 Å². The number of carbonyl (C=O) groups is 1. The number of amides is 1. The van der Waals surface area contributed by atoms with E-state index < -0.39 is 0 Å². The molecule has 0 aliphatic carbocycles. The van der Waals surface area contributed by atoms with Crippen molar-refractivity contribution < 1.29 is 9.18 Å². The number of H-pyrrole nitrogens is 1. The van der Waals surface area contributed by atoms with Crippen molar-refractivity contribution in [2.45, 2.75) is 38.3 Å². The predicted molar refractivity (Wildman–Crippen MR) is 93.5 cm³/mol. The second-order valence-corrected chi connectivity index (χ2v) is 6.65. The van der Waals surface area contributed by atoms with Crippen molar-refractivity contribution in [3.05, 3.63) is 54.2 Å². The molecule has 1 N–H and O–H groups in total. The fraction of sp³-hybridized carbons (Fsp3) is 0.368. The number of hydrogen-bond donors (Lipinski definition) is 1. The van der Waals surface area contributed by atoms with Gasteiger partial charge in [0.1, 0.15) is 5.82 Å². The standard InChI is InChI=1S/C19H21FN4O/c20-15-5-6-17-14(12-21-18(17)11-15)10-19(25)24-9-2-1-4-16(24)13-23-8-3-7-22-23/h3,5-8,11-12,16,21H,1-2,4,9-10,13H2/t16-/m1/s1. The smallest absolute Gasteiger partial charge is 0.227 e. The van der Waals surface area contributed by atoms with Gasteiger partial charge in [-0.15, -0.1) is 0 Å². The van der Waals surface area contributed by atoms with E-state index in [4.69, 9.17) is 0 Å². The van der Waals surface area contributed by atoms with E-state index in [1.165, 1.54) is 12.1 Å². The molecule has 6 heteroatoms. The Morgan fingerprint density at radius 3 is 3.12 bits per heavy atom. The van der Waals surface area contributed by atoms with Crippen molar-refractivity contribution in [1.29, 1.82) is 0 Å². The van der Waals surface area contributed by atoms with Crippen LogP contribution in [0.2, 0.25) is 0 Å². The lowest BCUT2D eigenvalue weighted by Crippen LogP contribution is -2.46. The van der Waals surface area contributed by atoms with Gasteiger partial charge in [-0.3, -0.25) is 9.48 Å². The fourth-order valence-electron chi connectivity index (χ4n) is 3.71. The van der Waals surface area contributed by atoms with Gasteiger partial charge >= 0.3 is 0 Å². The van der Waals surface area contributed by atoms with Crippen molar-refractivity contribution >= 4 is 16.8 Å². The van der Waals surface area contributed by atoms with E-state index >= 15 is 0 Å². The van der Waals surface area contributed by atoms with Crippen LogP contribution in [0.5, 0.6) is 0 Å². The van der Waals surface area contributed by atoms with Crippen LogP contribution in [0.15, 0.2) is 42.9 Å². The average molecular weight is 340 g/mol. The van der Waals surface area contributed by atoms with Gasteiger partial charge in [-0.05, 0) is 49.1 Å². The molecular formula is C19H21FN4O. The Morgan fingerprint density at radius 1 is 1.36 bits per heavy atom. The summed E-state index contributed by atoms with van der Waals surface area (Å²) >= 11 is 0. The molecule has 3 heterocycles. The number of fused-ring (bicyclic) bond motifs is 1. The molecule has 25 heavy (non-hydrogen) atoms. The number of rotatable bonds is 4. The van der Waals surface area contributed by atoms with Gasteiger partial charge in [-0.1, -0.05) is 0 Å². The summed E-state index contributed by atoms with van der Waals surface area (Å²) in [6.45, 7) is 1.53. The highest BCUT2D eigenvalue weighted by Gasteiger charge is 2.27. The lowest BCUT2D eigenvalue weighted by atomic mass is 10.0. The van der Waals surface area contributed by atoms with E-state index in [0.717, 1.165) is 48.8 Å². The summed E-state index contributed by atoms with van der Waals surface area (Å²) in [5.41, 5.74) is 1.65. The highest BCUT2D eigenvalue weighted by atomic mass is 19.1. The molecule has 2 aromatic heterocycles. The number of nitrogens with one attached hydrogen (secondary N) is 1. The fourth-order valence-corrected chi connectivity index (χ4v) is 3.71. The van der Waals surface area contributed by atoms with Crippen molar-refractivity contribution in [2.75, 3.05) is 6.54 Å². The van der Waals surface area contributed by atoms with Crippen LogP contribution in [0.25, 0.3) is 10.9 Å². The Kier molecular flexibility index (Phi) is 4.26. The van der Waals surface area contributed by atoms with Gasteiger partial charge in [0.05, 0.1) is 19.0 Å². The third kappa shape index (κ3) is 3.29. The van der Waals surface area contributed by atoms with Crippen LogP contribution < -0.4 is 0 Å². The first-order valence-corrected chi connectivity index (χ1v) is 8.73. The number of carbonyl (C=O) groups excluding carboxylic acids is 1. The summed E-state index contributed by atoms with van der Waals surface area (Å²) in [4.78, 5) is 18.0. The van der Waals surface area contributed by atoms with E-state index in [-0.39, 0.29) is 17.8 Å². The second-order valence-electron chi connectivity index (χ2n) is 6.65. The van der Waals surface area contributed by atoms with E-state index in [1.807, 2.05) is 28.0 Å².